The van der Waals surface area contributed by atoms with Crippen LogP contribution in [0.2, 0.25) is 5.15 Å². The molecule has 0 spiro atoms. The maximum atomic E-state index is 5.90. The van der Waals surface area contributed by atoms with Crippen molar-refractivity contribution in [3.63, 3.8) is 0 Å². The number of anilines is 1. The summed E-state index contributed by atoms with van der Waals surface area (Å²) in [7, 11) is 0. The van der Waals surface area contributed by atoms with Crippen LogP contribution in [0, 0.1) is 6.92 Å². The Kier molecular flexibility index (Phi) is 3.80. The smallest absolute Gasteiger partial charge is 0.132 e. The van der Waals surface area contributed by atoms with Crippen LogP contribution in [-0.2, 0) is 12.1 Å². The first-order valence-electron chi connectivity index (χ1n) is 6.26. The highest BCUT2D eigenvalue weighted by Gasteiger charge is 2.13. The summed E-state index contributed by atoms with van der Waals surface area (Å²) in [6.07, 6.45) is 5.68. The predicted molar refractivity (Wildman–Crippen MR) is 78.5 cm³/mol. The Hall–Kier alpha value is -1.55. The van der Waals surface area contributed by atoms with Gasteiger partial charge in [-0.15, -0.1) is 0 Å². The molecule has 19 heavy (non-hydrogen) atoms. The van der Waals surface area contributed by atoms with Crippen LogP contribution in [0.1, 0.15) is 31.9 Å². The fraction of sp³-hybridized carbons (Fsp3) is 0.429. The van der Waals surface area contributed by atoms with Crippen LogP contribution in [0.4, 0.5) is 5.69 Å². The molecule has 2 aromatic rings. The average molecular weight is 279 g/mol. The van der Waals surface area contributed by atoms with Crippen molar-refractivity contribution in [2.75, 3.05) is 5.32 Å². The van der Waals surface area contributed by atoms with Gasteiger partial charge in [0.2, 0.25) is 0 Å². The number of halogens is 1. The third-order valence-electron chi connectivity index (χ3n) is 2.83. The molecule has 102 valence electrons. The second-order valence-electron chi connectivity index (χ2n) is 5.65. The van der Waals surface area contributed by atoms with Gasteiger partial charge >= 0.3 is 0 Å². The lowest BCUT2D eigenvalue weighted by molar-refractivity contribution is 0.355. The van der Waals surface area contributed by atoms with E-state index in [-0.39, 0.29) is 5.54 Å². The van der Waals surface area contributed by atoms with E-state index in [0.29, 0.717) is 5.15 Å². The summed E-state index contributed by atoms with van der Waals surface area (Å²) < 4.78 is 1.97. The monoisotopic (exact) mass is 278 g/mol. The van der Waals surface area contributed by atoms with E-state index in [9.17, 15) is 0 Å². The van der Waals surface area contributed by atoms with Gasteiger partial charge in [-0.3, -0.25) is 4.68 Å². The number of hydrogen-bond donors (Lipinski definition) is 1. The fourth-order valence-electron chi connectivity index (χ4n) is 1.68. The van der Waals surface area contributed by atoms with Gasteiger partial charge in [0.15, 0.2) is 0 Å². The molecule has 5 heteroatoms. The average Bonchev–Trinajstić information content (AvgIpc) is 2.79. The Balaban J connectivity index is 2.02. The highest BCUT2D eigenvalue weighted by Crippen LogP contribution is 2.17. The number of rotatable bonds is 3. The molecular weight excluding hydrogens is 260 g/mol. The second-order valence-corrected chi connectivity index (χ2v) is 6.01. The van der Waals surface area contributed by atoms with Crippen molar-refractivity contribution >= 4 is 17.3 Å². The Bertz CT molecular complexity index is 569. The highest BCUT2D eigenvalue weighted by atomic mass is 35.5. The van der Waals surface area contributed by atoms with Crippen LogP contribution in [0.3, 0.4) is 0 Å². The highest BCUT2D eigenvalue weighted by molar-refractivity contribution is 6.30. The Morgan fingerprint density at radius 1 is 1.32 bits per heavy atom. The lowest BCUT2D eigenvalue weighted by atomic mass is 10.1. The molecule has 0 bridgehead atoms. The van der Waals surface area contributed by atoms with Gasteiger partial charge in [0, 0.05) is 18.3 Å². The number of aryl methyl sites for hydroxylation is 1. The normalized spacial score (nSPS) is 11.6. The van der Waals surface area contributed by atoms with Crippen molar-refractivity contribution in [3.8, 4) is 0 Å². The molecule has 0 aromatic carbocycles. The zero-order valence-corrected chi connectivity index (χ0v) is 12.5. The van der Waals surface area contributed by atoms with Gasteiger partial charge in [0.1, 0.15) is 5.15 Å². The SMILES string of the molecule is Cc1cc(NCc2cnn(C(C)(C)C)c2)cnc1Cl. The molecule has 0 fully saturated rings. The zero-order valence-electron chi connectivity index (χ0n) is 11.7. The van der Waals surface area contributed by atoms with Gasteiger partial charge in [-0.25, -0.2) is 4.98 Å². The molecule has 2 aromatic heterocycles. The standard InChI is InChI=1S/C14H19ClN4/c1-10-5-12(8-17-13(10)15)16-6-11-7-18-19(9-11)14(2,3)4/h5,7-9,16H,6H2,1-4H3. The predicted octanol–water partition coefficient (Wildman–Crippen LogP) is 3.61. The summed E-state index contributed by atoms with van der Waals surface area (Å²) in [6.45, 7) is 9.05. The molecule has 0 unspecified atom stereocenters. The van der Waals surface area contributed by atoms with E-state index in [1.54, 1.807) is 6.20 Å². The van der Waals surface area contributed by atoms with Crippen molar-refractivity contribution in [1.29, 1.82) is 0 Å². The summed E-state index contributed by atoms with van der Waals surface area (Å²) in [6, 6.07) is 1.99. The molecular formula is C14H19ClN4. The van der Waals surface area contributed by atoms with Gasteiger partial charge in [0.25, 0.3) is 0 Å². The van der Waals surface area contributed by atoms with Gasteiger partial charge < -0.3 is 5.32 Å². The van der Waals surface area contributed by atoms with Gasteiger partial charge in [-0.2, -0.15) is 5.10 Å². The minimum Gasteiger partial charge on any atom is -0.380 e. The van der Waals surface area contributed by atoms with Crippen LogP contribution < -0.4 is 5.32 Å². The summed E-state index contributed by atoms with van der Waals surface area (Å²) in [5, 5.41) is 8.24. The topological polar surface area (TPSA) is 42.7 Å². The van der Waals surface area contributed by atoms with Gasteiger partial charge in [-0.05, 0) is 39.3 Å². The number of aromatic nitrogens is 3. The van der Waals surface area contributed by atoms with Crippen LogP contribution in [-0.4, -0.2) is 14.8 Å². The minimum absolute atomic E-state index is 0.0106. The summed E-state index contributed by atoms with van der Waals surface area (Å²) >= 11 is 5.90. The number of nitrogens with zero attached hydrogens (tertiary/aromatic N) is 3. The zero-order chi connectivity index (χ0) is 14.0. The summed E-state index contributed by atoms with van der Waals surface area (Å²) in [5.41, 5.74) is 3.08. The molecule has 0 aliphatic rings. The van der Waals surface area contributed by atoms with Gasteiger partial charge in [0.05, 0.1) is 23.6 Å². The van der Waals surface area contributed by atoms with E-state index >= 15 is 0 Å². The van der Waals surface area contributed by atoms with E-state index in [4.69, 9.17) is 11.6 Å². The first-order chi connectivity index (χ1) is 8.86. The Morgan fingerprint density at radius 2 is 2.05 bits per heavy atom. The van der Waals surface area contributed by atoms with Gasteiger partial charge in [-0.1, -0.05) is 11.6 Å². The van der Waals surface area contributed by atoms with Crippen molar-refractivity contribution in [1.82, 2.24) is 14.8 Å². The molecule has 2 rings (SSSR count). The maximum Gasteiger partial charge on any atom is 0.132 e. The molecule has 0 amide bonds. The molecule has 0 atom stereocenters. The largest absolute Gasteiger partial charge is 0.380 e. The molecule has 0 saturated heterocycles. The fourth-order valence-corrected chi connectivity index (χ4v) is 1.78. The first kappa shape index (κ1) is 13.9. The molecule has 4 nitrogen and oxygen atoms in total. The van der Waals surface area contributed by atoms with E-state index in [0.717, 1.165) is 23.4 Å². The Morgan fingerprint density at radius 3 is 2.63 bits per heavy atom. The quantitative estimate of drug-likeness (QED) is 0.872. The third kappa shape index (κ3) is 3.47. The van der Waals surface area contributed by atoms with Crippen LogP contribution in [0.15, 0.2) is 24.7 Å². The van der Waals surface area contributed by atoms with Crippen molar-refractivity contribution in [2.24, 2.45) is 0 Å². The summed E-state index contributed by atoms with van der Waals surface area (Å²) in [5.74, 6) is 0. The van der Waals surface area contributed by atoms with Crippen molar-refractivity contribution < 1.29 is 0 Å². The third-order valence-corrected chi connectivity index (χ3v) is 3.23. The van der Waals surface area contributed by atoms with Crippen LogP contribution in [0.5, 0.6) is 0 Å². The van der Waals surface area contributed by atoms with E-state index < -0.39 is 0 Å². The van der Waals surface area contributed by atoms with E-state index in [2.05, 4.69) is 42.4 Å². The molecule has 2 heterocycles. The van der Waals surface area contributed by atoms with Crippen LogP contribution in [0.25, 0.3) is 0 Å². The number of nitrogens with one attached hydrogen (secondary N) is 1. The lowest BCUT2D eigenvalue weighted by Crippen LogP contribution is -2.21. The van der Waals surface area contributed by atoms with Crippen molar-refractivity contribution in [2.45, 2.75) is 39.8 Å². The summed E-state index contributed by atoms with van der Waals surface area (Å²) in [4.78, 5) is 4.12. The first-order valence-corrected chi connectivity index (χ1v) is 6.64. The second kappa shape index (κ2) is 5.21. The maximum absolute atomic E-state index is 5.90. The number of hydrogen-bond acceptors (Lipinski definition) is 3. The van der Waals surface area contributed by atoms with Crippen LogP contribution >= 0.6 is 11.6 Å². The van der Waals surface area contributed by atoms with E-state index in [1.165, 1.54) is 0 Å². The molecule has 0 saturated carbocycles. The minimum atomic E-state index is 0.0106. The molecule has 0 aliphatic carbocycles. The Labute approximate surface area is 118 Å². The van der Waals surface area contributed by atoms with Crippen molar-refractivity contribution in [3.05, 3.63) is 40.9 Å². The molecule has 0 aliphatic heterocycles. The van der Waals surface area contributed by atoms with E-state index in [1.807, 2.05) is 23.9 Å². The lowest BCUT2D eigenvalue weighted by Gasteiger charge is -2.18. The molecule has 1 N–H and O–H groups in total. The molecule has 0 radical (unpaired) electrons. The number of pyridine rings is 1.